The van der Waals surface area contributed by atoms with Gasteiger partial charge in [0.15, 0.2) is 0 Å². The summed E-state index contributed by atoms with van der Waals surface area (Å²) in [5, 5.41) is 0. The third-order valence-electron chi connectivity index (χ3n) is 1.82. The molecule has 0 aromatic carbocycles. The molecule has 1 unspecified atom stereocenters. The molecule has 0 aliphatic heterocycles. The Balaban J connectivity index is 3.09. The Labute approximate surface area is 59.7 Å². The molecule has 0 amide bonds. The van der Waals surface area contributed by atoms with Crippen LogP contribution in [0, 0.1) is 19.3 Å². The largest absolute Gasteiger partial charge is 0.0651 e. The molecule has 0 fully saturated rings. The third-order valence-corrected chi connectivity index (χ3v) is 1.82. The van der Waals surface area contributed by atoms with E-state index in [-0.39, 0.29) is 0 Å². The van der Waals surface area contributed by atoms with Gasteiger partial charge in [0.05, 0.1) is 0 Å². The van der Waals surface area contributed by atoms with Crippen molar-refractivity contribution in [3.05, 3.63) is 13.3 Å². The highest BCUT2D eigenvalue weighted by molar-refractivity contribution is 4.69. The van der Waals surface area contributed by atoms with Crippen LogP contribution in [0.4, 0.5) is 0 Å². The van der Waals surface area contributed by atoms with Gasteiger partial charge in [-0.15, -0.1) is 0 Å². The molecule has 0 saturated heterocycles. The van der Waals surface area contributed by atoms with Crippen molar-refractivity contribution in [1.82, 2.24) is 0 Å². The monoisotopic (exact) mass is 126 g/mol. The second kappa shape index (κ2) is 6.12. The summed E-state index contributed by atoms with van der Waals surface area (Å²) in [6, 6.07) is 0. The van der Waals surface area contributed by atoms with Crippen molar-refractivity contribution in [3.63, 3.8) is 0 Å². The van der Waals surface area contributed by atoms with Gasteiger partial charge in [-0.3, -0.25) is 0 Å². The first-order valence-electron chi connectivity index (χ1n) is 3.93. The Bertz CT molecular complexity index is 44.0. The molecule has 0 bridgehead atoms. The third kappa shape index (κ3) is 4.50. The summed E-state index contributed by atoms with van der Waals surface area (Å²) in [6.45, 7) is 8.21. The van der Waals surface area contributed by atoms with Crippen molar-refractivity contribution in [2.24, 2.45) is 5.92 Å². The summed E-state index contributed by atoms with van der Waals surface area (Å²) >= 11 is 0. The highest BCUT2D eigenvalue weighted by Crippen LogP contribution is 2.14. The van der Waals surface area contributed by atoms with Gasteiger partial charge in [-0.05, 0) is 12.3 Å². The van der Waals surface area contributed by atoms with E-state index in [2.05, 4.69) is 27.2 Å². The molecule has 0 nitrogen and oxygen atoms in total. The molecule has 0 saturated carbocycles. The maximum atomic E-state index is 3.81. The summed E-state index contributed by atoms with van der Waals surface area (Å²) in [6.07, 6.45) is 7.29. The van der Waals surface area contributed by atoms with Crippen molar-refractivity contribution < 1.29 is 0 Å². The molecule has 0 heterocycles. The zero-order valence-electron chi connectivity index (χ0n) is 6.69. The van der Waals surface area contributed by atoms with Crippen LogP contribution in [0.2, 0.25) is 0 Å². The Morgan fingerprint density at radius 3 is 2.56 bits per heavy atom. The standard InChI is InChI=1S/C9H18/c1-4-7-8-9(5-2)6-3/h5,9H,1,4,6-8H2,2-3H3. The second-order valence-corrected chi connectivity index (χ2v) is 2.50. The molecule has 0 aromatic heterocycles. The zero-order chi connectivity index (χ0) is 7.11. The van der Waals surface area contributed by atoms with Crippen LogP contribution < -0.4 is 0 Å². The van der Waals surface area contributed by atoms with Gasteiger partial charge in [0.1, 0.15) is 0 Å². The lowest BCUT2D eigenvalue weighted by Crippen LogP contribution is -1.96. The molecule has 0 N–H and O–H groups in total. The summed E-state index contributed by atoms with van der Waals surface area (Å²) in [5.74, 6) is 0.840. The molecule has 0 heteroatoms. The van der Waals surface area contributed by atoms with Crippen molar-refractivity contribution >= 4 is 0 Å². The molecule has 0 aliphatic rings. The molecule has 0 aromatic rings. The SMILES string of the molecule is [CH2]CCCC([CH]C)CC. The molecular formula is C9H18. The fraction of sp³-hybridized carbons (Fsp3) is 0.778. The highest BCUT2D eigenvalue weighted by atomic mass is 14.1. The van der Waals surface area contributed by atoms with Crippen molar-refractivity contribution in [1.29, 1.82) is 0 Å². The first-order valence-corrected chi connectivity index (χ1v) is 3.93. The minimum Gasteiger partial charge on any atom is -0.0651 e. The summed E-state index contributed by atoms with van der Waals surface area (Å²) < 4.78 is 0. The Morgan fingerprint density at radius 1 is 1.56 bits per heavy atom. The van der Waals surface area contributed by atoms with E-state index in [0.29, 0.717) is 0 Å². The van der Waals surface area contributed by atoms with Crippen molar-refractivity contribution in [3.8, 4) is 0 Å². The van der Waals surface area contributed by atoms with Gasteiger partial charge in [0.2, 0.25) is 0 Å². The lowest BCUT2D eigenvalue weighted by atomic mass is 9.97. The molecule has 54 valence electrons. The predicted molar refractivity (Wildman–Crippen MR) is 43.0 cm³/mol. The van der Waals surface area contributed by atoms with Crippen LogP contribution >= 0.6 is 0 Å². The highest BCUT2D eigenvalue weighted by Gasteiger charge is 2.00. The molecular weight excluding hydrogens is 108 g/mol. The van der Waals surface area contributed by atoms with Gasteiger partial charge in [0.25, 0.3) is 0 Å². The Morgan fingerprint density at radius 2 is 2.22 bits per heavy atom. The summed E-state index contributed by atoms with van der Waals surface area (Å²) in [7, 11) is 0. The van der Waals surface area contributed by atoms with Gasteiger partial charge in [-0.2, -0.15) is 0 Å². The van der Waals surface area contributed by atoms with Crippen LogP contribution in [-0.2, 0) is 0 Å². The first kappa shape index (κ1) is 9.00. The second-order valence-electron chi connectivity index (χ2n) is 2.50. The van der Waals surface area contributed by atoms with Gasteiger partial charge in [-0.25, -0.2) is 0 Å². The van der Waals surface area contributed by atoms with Crippen LogP contribution in [0.3, 0.4) is 0 Å². The van der Waals surface area contributed by atoms with Crippen LogP contribution in [0.5, 0.6) is 0 Å². The van der Waals surface area contributed by atoms with Crippen LogP contribution in [0.25, 0.3) is 0 Å². The van der Waals surface area contributed by atoms with Gasteiger partial charge in [-0.1, -0.05) is 46.5 Å². The quantitative estimate of drug-likeness (QED) is 0.530. The lowest BCUT2D eigenvalue weighted by molar-refractivity contribution is 0.516. The van der Waals surface area contributed by atoms with E-state index in [4.69, 9.17) is 0 Å². The molecule has 0 spiro atoms. The fourth-order valence-electron chi connectivity index (χ4n) is 1.01. The van der Waals surface area contributed by atoms with Crippen molar-refractivity contribution in [2.75, 3.05) is 0 Å². The topological polar surface area (TPSA) is 0 Å². The average Bonchev–Trinajstić information content (AvgIpc) is 1.91. The van der Waals surface area contributed by atoms with E-state index >= 15 is 0 Å². The van der Waals surface area contributed by atoms with Crippen LogP contribution in [0.15, 0.2) is 0 Å². The Hall–Kier alpha value is 0. The van der Waals surface area contributed by atoms with E-state index in [0.717, 1.165) is 12.3 Å². The van der Waals surface area contributed by atoms with E-state index < -0.39 is 0 Å². The number of hydrogen-bond donors (Lipinski definition) is 0. The normalized spacial score (nSPS) is 10.7. The summed E-state index contributed by atoms with van der Waals surface area (Å²) in [5.41, 5.74) is 0. The molecule has 9 heavy (non-hydrogen) atoms. The number of rotatable bonds is 5. The van der Waals surface area contributed by atoms with Gasteiger partial charge >= 0.3 is 0 Å². The number of unbranched alkanes of at least 4 members (excludes halogenated alkanes) is 1. The summed E-state index contributed by atoms with van der Waals surface area (Å²) in [4.78, 5) is 0. The van der Waals surface area contributed by atoms with Gasteiger partial charge < -0.3 is 0 Å². The van der Waals surface area contributed by atoms with E-state index in [1.54, 1.807) is 0 Å². The molecule has 1 atom stereocenters. The fourth-order valence-corrected chi connectivity index (χ4v) is 1.01. The van der Waals surface area contributed by atoms with Crippen LogP contribution in [-0.4, -0.2) is 0 Å². The minimum absolute atomic E-state index is 0.840. The maximum Gasteiger partial charge on any atom is -0.0386 e. The van der Waals surface area contributed by atoms with E-state index in [9.17, 15) is 0 Å². The maximum absolute atomic E-state index is 3.81. The average molecular weight is 126 g/mol. The predicted octanol–water partition coefficient (Wildman–Crippen LogP) is 3.24. The zero-order valence-corrected chi connectivity index (χ0v) is 6.69. The molecule has 2 radical (unpaired) electrons. The van der Waals surface area contributed by atoms with Crippen LogP contribution in [0.1, 0.15) is 39.5 Å². The van der Waals surface area contributed by atoms with E-state index in [1.165, 1.54) is 19.3 Å². The minimum atomic E-state index is 0.840. The first-order chi connectivity index (χ1) is 4.35. The lowest BCUT2D eigenvalue weighted by Gasteiger charge is -2.09. The Kier molecular flexibility index (Phi) is 6.12. The van der Waals surface area contributed by atoms with Gasteiger partial charge in [0, 0.05) is 0 Å². The number of hydrogen-bond acceptors (Lipinski definition) is 0. The smallest absolute Gasteiger partial charge is 0.0386 e. The van der Waals surface area contributed by atoms with E-state index in [1.807, 2.05) is 0 Å². The molecule has 0 aliphatic carbocycles. The van der Waals surface area contributed by atoms with Crippen molar-refractivity contribution in [2.45, 2.75) is 39.5 Å². The molecule has 0 rings (SSSR count).